The fourth-order valence-electron chi connectivity index (χ4n) is 4.14. The summed E-state index contributed by atoms with van der Waals surface area (Å²) in [5, 5.41) is 5.53. The Morgan fingerprint density at radius 1 is 0.974 bits per heavy atom. The third kappa shape index (κ3) is 5.68. The van der Waals surface area contributed by atoms with Crippen LogP contribution in [0.2, 0.25) is 0 Å². The number of nitrogens with zero attached hydrogens (tertiary/aromatic N) is 5. The minimum absolute atomic E-state index is 0.0920. The van der Waals surface area contributed by atoms with Gasteiger partial charge in [0.15, 0.2) is 5.89 Å². The maximum atomic E-state index is 14.8. The number of imidazole rings is 1. The first kappa shape index (κ1) is 25.7. The van der Waals surface area contributed by atoms with Crippen LogP contribution in [0, 0.1) is 19.7 Å². The standard InChI is InChI=1S/C28H26FN7O3/c1-16-25(39-17(2)31-16)27(38)32-20-9-10-23(29)22(11-20)24-15-36-14-21(12-30-28(36)34-24)33-26(37)19-7-5-18(6-8-19)13-35(3)4/h5-12,14-15H,13H2,1-4H3,(H,32,38)(H,33,37). The van der Waals surface area contributed by atoms with Gasteiger partial charge >= 0.3 is 0 Å². The second kappa shape index (κ2) is 10.5. The van der Waals surface area contributed by atoms with Crippen molar-refractivity contribution >= 4 is 29.0 Å². The number of aromatic nitrogens is 4. The van der Waals surface area contributed by atoms with E-state index in [0.29, 0.717) is 40.0 Å². The number of aryl methyl sites for hydroxylation is 2. The van der Waals surface area contributed by atoms with Crippen molar-refractivity contribution in [1.29, 1.82) is 0 Å². The molecule has 11 heteroatoms. The molecule has 3 heterocycles. The minimum atomic E-state index is -0.519. The molecular weight excluding hydrogens is 501 g/mol. The summed E-state index contributed by atoms with van der Waals surface area (Å²) in [5.74, 6) is -0.501. The summed E-state index contributed by atoms with van der Waals surface area (Å²) in [7, 11) is 3.96. The number of nitrogens with one attached hydrogen (secondary N) is 2. The molecule has 5 aromatic rings. The van der Waals surface area contributed by atoms with Crippen molar-refractivity contribution in [3.05, 3.63) is 95.3 Å². The van der Waals surface area contributed by atoms with Crippen molar-refractivity contribution in [2.24, 2.45) is 0 Å². The quantitative estimate of drug-likeness (QED) is 0.315. The zero-order valence-corrected chi connectivity index (χ0v) is 21.8. The number of halogens is 1. The molecule has 0 atom stereocenters. The highest BCUT2D eigenvalue weighted by atomic mass is 19.1. The van der Waals surface area contributed by atoms with Crippen LogP contribution in [0.15, 0.2) is 65.5 Å². The second-order valence-corrected chi connectivity index (χ2v) is 9.36. The van der Waals surface area contributed by atoms with E-state index in [-0.39, 0.29) is 17.2 Å². The van der Waals surface area contributed by atoms with Gasteiger partial charge in [0, 0.05) is 42.7 Å². The van der Waals surface area contributed by atoms with Gasteiger partial charge < -0.3 is 20.0 Å². The zero-order valence-electron chi connectivity index (χ0n) is 21.8. The molecule has 2 aromatic carbocycles. The van der Waals surface area contributed by atoms with Gasteiger partial charge in [-0.15, -0.1) is 0 Å². The monoisotopic (exact) mass is 527 g/mol. The number of hydrogen-bond donors (Lipinski definition) is 2. The van der Waals surface area contributed by atoms with Crippen molar-refractivity contribution < 1.29 is 18.4 Å². The molecule has 3 aromatic heterocycles. The number of fused-ring (bicyclic) bond motifs is 1. The molecule has 0 spiro atoms. The Labute approximate surface area is 223 Å². The van der Waals surface area contributed by atoms with Crippen molar-refractivity contribution in [3.63, 3.8) is 0 Å². The lowest BCUT2D eigenvalue weighted by molar-refractivity contribution is 0.0992. The van der Waals surface area contributed by atoms with Crippen LogP contribution in [-0.4, -0.2) is 50.2 Å². The number of anilines is 2. The highest BCUT2D eigenvalue weighted by Gasteiger charge is 2.18. The molecule has 0 saturated heterocycles. The van der Waals surface area contributed by atoms with Crippen LogP contribution in [0.3, 0.4) is 0 Å². The first-order valence-corrected chi connectivity index (χ1v) is 12.1. The van der Waals surface area contributed by atoms with Crippen molar-refractivity contribution in [2.75, 3.05) is 24.7 Å². The largest absolute Gasteiger partial charge is 0.436 e. The van der Waals surface area contributed by atoms with Crippen molar-refractivity contribution in [3.8, 4) is 11.3 Å². The first-order valence-electron chi connectivity index (χ1n) is 12.1. The van der Waals surface area contributed by atoms with Gasteiger partial charge in [-0.3, -0.25) is 14.0 Å². The second-order valence-electron chi connectivity index (χ2n) is 9.36. The van der Waals surface area contributed by atoms with Crippen LogP contribution >= 0.6 is 0 Å². The fourth-order valence-corrected chi connectivity index (χ4v) is 4.14. The van der Waals surface area contributed by atoms with E-state index < -0.39 is 11.7 Å². The van der Waals surface area contributed by atoms with Gasteiger partial charge in [0.25, 0.3) is 11.8 Å². The maximum absolute atomic E-state index is 14.8. The van der Waals surface area contributed by atoms with Gasteiger partial charge in [-0.1, -0.05) is 12.1 Å². The van der Waals surface area contributed by atoms with E-state index in [1.165, 1.54) is 24.4 Å². The number of carbonyl (C=O) groups excluding carboxylic acids is 2. The molecule has 0 radical (unpaired) electrons. The van der Waals surface area contributed by atoms with Crippen molar-refractivity contribution in [1.82, 2.24) is 24.3 Å². The molecule has 0 aliphatic carbocycles. The summed E-state index contributed by atoms with van der Waals surface area (Å²) in [4.78, 5) is 40.2. The normalized spacial score (nSPS) is 11.2. The zero-order chi connectivity index (χ0) is 27.7. The molecule has 0 unspecified atom stereocenters. The number of benzene rings is 2. The summed E-state index contributed by atoms with van der Waals surface area (Å²) >= 11 is 0. The minimum Gasteiger partial charge on any atom is -0.436 e. The summed E-state index contributed by atoms with van der Waals surface area (Å²) in [6.45, 7) is 4.10. The molecule has 0 aliphatic rings. The molecule has 198 valence electrons. The van der Waals surface area contributed by atoms with Crippen LogP contribution in [0.25, 0.3) is 17.0 Å². The smallest absolute Gasteiger partial charge is 0.293 e. The number of hydrogen-bond acceptors (Lipinski definition) is 7. The van der Waals surface area contributed by atoms with Gasteiger partial charge in [-0.05, 0) is 56.9 Å². The van der Waals surface area contributed by atoms with E-state index in [2.05, 4.69) is 25.6 Å². The van der Waals surface area contributed by atoms with Crippen LogP contribution in [0.1, 0.15) is 38.1 Å². The molecule has 2 N–H and O–H groups in total. The predicted octanol–water partition coefficient (Wildman–Crippen LogP) is 4.71. The van der Waals surface area contributed by atoms with E-state index in [0.717, 1.165) is 12.1 Å². The number of rotatable bonds is 7. The predicted molar refractivity (Wildman–Crippen MR) is 144 cm³/mol. The molecule has 0 bridgehead atoms. The van der Waals surface area contributed by atoms with E-state index >= 15 is 0 Å². The molecule has 0 aliphatic heterocycles. The Kier molecular flexibility index (Phi) is 6.90. The Hall–Kier alpha value is -4.90. The van der Waals surface area contributed by atoms with E-state index in [1.54, 1.807) is 42.8 Å². The molecule has 10 nitrogen and oxygen atoms in total. The van der Waals surface area contributed by atoms with Gasteiger partial charge in [0.05, 0.1) is 23.3 Å². The molecular formula is C28H26FN7O3. The van der Waals surface area contributed by atoms with E-state index in [1.807, 2.05) is 31.1 Å². The van der Waals surface area contributed by atoms with Gasteiger partial charge in [-0.25, -0.2) is 19.3 Å². The Morgan fingerprint density at radius 3 is 2.41 bits per heavy atom. The SMILES string of the molecule is Cc1nc(C)c(C(=O)Nc2ccc(F)c(-c3cn4cc(NC(=O)c5ccc(CN(C)C)cc5)cnc4n3)c2)o1. The number of carbonyl (C=O) groups is 2. The average molecular weight is 528 g/mol. The van der Waals surface area contributed by atoms with Gasteiger partial charge in [-0.2, -0.15) is 0 Å². The number of amides is 2. The molecule has 0 fully saturated rings. The van der Waals surface area contributed by atoms with Crippen LogP contribution in [-0.2, 0) is 6.54 Å². The van der Waals surface area contributed by atoms with Crippen molar-refractivity contribution in [2.45, 2.75) is 20.4 Å². The van der Waals surface area contributed by atoms with E-state index in [4.69, 9.17) is 4.42 Å². The van der Waals surface area contributed by atoms with Crippen LogP contribution in [0.4, 0.5) is 15.8 Å². The molecule has 5 rings (SSSR count). The summed E-state index contributed by atoms with van der Waals surface area (Å²) in [6, 6.07) is 11.6. The Bertz CT molecular complexity index is 1690. The Morgan fingerprint density at radius 2 is 1.72 bits per heavy atom. The third-order valence-corrected chi connectivity index (χ3v) is 5.89. The highest BCUT2D eigenvalue weighted by molar-refractivity contribution is 6.04. The summed E-state index contributed by atoms with van der Waals surface area (Å²) in [5.41, 5.74) is 3.37. The lowest BCUT2D eigenvalue weighted by Crippen LogP contribution is -2.13. The molecule has 0 saturated carbocycles. The summed E-state index contributed by atoms with van der Waals surface area (Å²) in [6.07, 6.45) is 4.73. The van der Waals surface area contributed by atoms with Crippen LogP contribution < -0.4 is 10.6 Å². The van der Waals surface area contributed by atoms with Gasteiger partial charge in [0.2, 0.25) is 11.5 Å². The topological polar surface area (TPSA) is 118 Å². The van der Waals surface area contributed by atoms with Gasteiger partial charge in [0.1, 0.15) is 5.82 Å². The molecule has 2 amide bonds. The highest BCUT2D eigenvalue weighted by Crippen LogP contribution is 2.26. The fraction of sp³-hybridized carbons (Fsp3) is 0.179. The van der Waals surface area contributed by atoms with E-state index in [9.17, 15) is 14.0 Å². The summed E-state index contributed by atoms with van der Waals surface area (Å²) < 4.78 is 21.7. The first-order chi connectivity index (χ1) is 18.7. The number of oxazole rings is 1. The molecule has 39 heavy (non-hydrogen) atoms. The third-order valence-electron chi connectivity index (χ3n) is 5.89. The average Bonchev–Trinajstić information content (AvgIpc) is 3.47. The lowest BCUT2D eigenvalue weighted by Gasteiger charge is -2.10. The Balaban J connectivity index is 1.34. The lowest BCUT2D eigenvalue weighted by atomic mass is 10.1. The maximum Gasteiger partial charge on any atom is 0.293 e. The van der Waals surface area contributed by atoms with Crippen LogP contribution in [0.5, 0.6) is 0 Å².